The Bertz CT molecular complexity index is 575. The highest BCUT2D eigenvalue weighted by molar-refractivity contribution is 7.66. The predicted molar refractivity (Wildman–Crippen MR) is 80.0 cm³/mol. The van der Waals surface area contributed by atoms with Crippen molar-refractivity contribution in [2.75, 3.05) is 6.61 Å². The molecule has 16 heteroatoms. The molecule has 150 valence electrons. The molecule has 6 N–H and O–H groups in total. The number of aliphatic hydroxyl groups is 2. The molecule has 6 unspecified atom stereocenters. The highest BCUT2D eigenvalue weighted by Gasteiger charge is 2.45. The topological polar surface area (TPSA) is 210 Å². The zero-order valence-corrected chi connectivity index (χ0v) is 15.7. The van der Waals surface area contributed by atoms with Gasteiger partial charge in [-0.1, -0.05) is 19.8 Å². The second-order valence-electron chi connectivity index (χ2n) is 5.22. The van der Waals surface area contributed by atoms with E-state index in [1.54, 1.807) is 0 Å². The number of phosphoric ester groups is 1. The van der Waals surface area contributed by atoms with Gasteiger partial charge in [-0.3, -0.25) is 4.52 Å². The minimum absolute atomic E-state index is 0.431. The Morgan fingerprint density at radius 3 is 2.00 bits per heavy atom. The van der Waals surface area contributed by atoms with Crippen LogP contribution in [-0.2, 0) is 31.6 Å². The molecule has 25 heavy (non-hydrogen) atoms. The quantitative estimate of drug-likeness (QED) is 0.253. The standard InChI is InChI=1S/C9H21O13P3/c1-2-3-4-6-8(10)9(11)7(20-6)5-19-24(15,16)22-25(17,18)21-23(12,13)14/h6-11H,2-5H2,1H3,(H,15,16)(H,17,18)(H2,12,13,14). The fraction of sp³-hybridized carbons (Fsp3) is 1.00. The van der Waals surface area contributed by atoms with E-state index < -0.39 is 54.5 Å². The Balaban J connectivity index is 2.60. The van der Waals surface area contributed by atoms with Crippen molar-refractivity contribution in [3.8, 4) is 0 Å². The average Bonchev–Trinajstić information content (AvgIpc) is 2.66. The van der Waals surface area contributed by atoms with Gasteiger partial charge in [0.1, 0.15) is 18.3 Å². The first-order chi connectivity index (χ1) is 11.3. The van der Waals surface area contributed by atoms with E-state index in [4.69, 9.17) is 19.4 Å². The molecule has 0 aromatic heterocycles. The molecule has 1 heterocycles. The molecular formula is C9H21O13P3. The van der Waals surface area contributed by atoms with Crippen LogP contribution in [0.4, 0.5) is 0 Å². The Hall–Kier alpha value is 0.290. The third-order valence-electron chi connectivity index (χ3n) is 3.12. The molecule has 13 nitrogen and oxygen atoms in total. The van der Waals surface area contributed by atoms with Gasteiger partial charge in [0, 0.05) is 0 Å². The smallest absolute Gasteiger partial charge is 0.388 e. The summed E-state index contributed by atoms with van der Waals surface area (Å²) in [6.45, 7) is 1.11. The molecule has 0 amide bonds. The number of hydrogen-bond donors (Lipinski definition) is 6. The summed E-state index contributed by atoms with van der Waals surface area (Å²) in [4.78, 5) is 35.1. The van der Waals surface area contributed by atoms with Gasteiger partial charge in [-0.15, -0.1) is 0 Å². The lowest BCUT2D eigenvalue weighted by Crippen LogP contribution is -2.34. The van der Waals surface area contributed by atoms with Crippen molar-refractivity contribution in [3.63, 3.8) is 0 Å². The lowest BCUT2D eigenvalue weighted by Gasteiger charge is -2.19. The molecule has 0 radical (unpaired) electrons. The van der Waals surface area contributed by atoms with E-state index in [1.807, 2.05) is 6.92 Å². The number of aliphatic hydroxyl groups excluding tert-OH is 2. The highest BCUT2D eigenvalue weighted by atomic mass is 31.3. The second-order valence-corrected chi connectivity index (χ2v) is 9.64. The molecule has 0 aromatic carbocycles. The van der Waals surface area contributed by atoms with E-state index >= 15 is 0 Å². The number of unbranched alkanes of at least 4 members (excludes halogenated alkanes) is 1. The van der Waals surface area contributed by atoms with Crippen LogP contribution < -0.4 is 0 Å². The van der Waals surface area contributed by atoms with E-state index in [-0.39, 0.29) is 0 Å². The maximum Gasteiger partial charge on any atom is 0.490 e. The Labute approximate surface area is 143 Å². The summed E-state index contributed by atoms with van der Waals surface area (Å²) in [6, 6.07) is 0. The van der Waals surface area contributed by atoms with Crippen molar-refractivity contribution in [2.24, 2.45) is 0 Å². The molecule has 0 spiro atoms. The van der Waals surface area contributed by atoms with Crippen molar-refractivity contribution in [3.05, 3.63) is 0 Å². The predicted octanol–water partition coefficient (Wildman–Crippen LogP) is 0.00910. The van der Waals surface area contributed by atoms with Crippen LogP contribution >= 0.6 is 23.5 Å². The van der Waals surface area contributed by atoms with Crippen molar-refractivity contribution < 1.29 is 61.4 Å². The first-order valence-corrected chi connectivity index (χ1v) is 11.6. The number of rotatable bonds is 10. The van der Waals surface area contributed by atoms with Gasteiger partial charge in [-0.05, 0) is 6.42 Å². The molecule has 1 saturated heterocycles. The highest BCUT2D eigenvalue weighted by Crippen LogP contribution is 2.66. The molecule has 1 aliphatic heterocycles. The summed E-state index contributed by atoms with van der Waals surface area (Å²) in [5.41, 5.74) is 0. The van der Waals surface area contributed by atoms with E-state index in [0.29, 0.717) is 12.8 Å². The first kappa shape index (κ1) is 23.3. The van der Waals surface area contributed by atoms with Crippen molar-refractivity contribution in [2.45, 2.75) is 50.6 Å². The molecule has 1 rings (SSSR count). The molecule has 0 bridgehead atoms. The van der Waals surface area contributed by atoms with Crippen LogP contribution in [0, 0.1) is 0 Å². The number of ether oxygens (including phenoxy) is 1. The SMILES string of the molecule is CCCCC1OC(COP(=O)(O)OP(=O)(O)OP(=O)(O)O)C(O)C1O. The van der Waals surface area contributed by atoms with E-state index in [2.05, 4.69) is 13.1 Å². The minimum Gasteiger partial charge on any atom is -0.388 e. The monoisotopic (exact) mass is 430 g/mol. The van der Waals surface area contributed by atoms with Gasteiger partial charge in [0.2, 0.25) is 0 Å². The molecule has 0 aromatic rings. The van der Waals surface area contributed by atoms with Gasteiger partial charge < -0.3 is 34.5 Å². The zero-order valence-electron chi connectivity index (χ0n) is 13.0. The molecule has 0 aliphatic carbocycles. The van der Waals surface area contributed by atoms with Crippen LogP contribution in [0.15, 0.2) is 0 Å². The van der Waals surface area contributed by atoms with E-state index in [9.17, 15) is 28.8 Å². The summed E-state index contributed by atoms with van der Waals surface area (Å²) in [5.74, 6) is 0. The van der Waals surface area contributed by atoms with Crippen LogP contribution in [0.5, 0.6) is 0 Å². The summed E-state index contributed by atoms with van der Waals surface area (Å²) in [6.07, 6.45) is -2.67. The normalized spacial score (nSPS) is 32.3. The van der Waals surface area contributed by atoms with Crippen molar-refractivity contribution in [1.82, 2.24) is 0 Å². The van der Waals surface area contributed by atoms with Crippen LogP contribution in [-0.4, -0.2) is 60.8 Å². The van der Waals surface area contributed by atoms with Gasteiger partial charge in [0.05, 0.1) is 12.7 Å². The van der Waals surface area contributed by atoms with Crippen LogP contribution in [0.25, 0.3) is 0 Å². The van der Waals surface area contributed by atoms with Gasteiger partial charge in [0.15, 0.2) is 0 Å². The maximum absolute atomic E-state index is 11.6. The second kappa shape index (κ2) is 8.99. The third-order valence-corrected chi connectivity index (χ3v) is 6.92. The molecule has 1 fully saturated rings. The van der Waals surface area contributed by atoms with Crippen molar-refractivity contribution in [1.29, 1.82) is 0 Å². The Morgan fingerprint density at radius 2 is 1.48 bits per heavy atom. The summed E-state index contributed by atoms with van der Waals surface area (Å²) in [5, 5.41) is 19.6. The fourth-order valence-corrected chi connectivity index (χ4v) is 5.11. The zero-order chi connectivity index (χ0) is 19.5. The summed E-state index contributed by atoms with van der Waals surface area (Å²) >= 11 is 0. The fourth-order valence-electron chi connectivity index (χ4n) is 2.08. The first-order valence-electron chi connectivity index (χ1n) is 7.06. The average molecular weight is 430 g/mol. The van der Waals surface area contributed by atoms with E-state index in [0.717, 1.165) is 6.42 Å². The lowest BCUT2D eigenvalue weighted by atomic mass is 10.0. The summed E-state index contributed by atoms with van der Waals surface area (Å²) < 4.78 is 50.0. The third kappa shape index (κ3) is 8.23. The molecule has 1 aliphatic rings. The van der Waals surface area contributed by atoms with Crippen LogP contribution in [0.3, 0.4) is 0 Å². The Kier molecular flexibility index (Phi) is 8.39. The van der Waals surface area contributed by atoms with Crippen LogP contribution in [0.2, 0.25) is 0 Å². The van der Waals surface area contributed by atoms with E-state index in [1.165, 1.54) is 0 Å². The number of phosphoric acid groups is 3. The summed E-state index contributed by atoms with van der Waals surface area (Å²) in [7, 11) is -16.4. The maximum atomic E-state index is 11.6. The van der Waals surface area contributed by atoms with Gasteiger partial charge >= 0.3 is 23.5 Å². The van der Waals surface area contributed by atoms with Gasteiger partial charge in [-0.25, -0.2) is 13.7 Å². The Morgan fingerprint density at radius 1 is 0.920 bits per heavy atom. The molecule has 0 saturated carbocycles. The largest absolute Gasteiger partial charge is 0.490 e. The minimum atomic E-state index is -5.61. The number of hydrogen-bond acceptors (Lipinski definition) is 9. The van der Waals surface area contributed by atoms with Gasteiger partial charge in [0.25, 0.3) is 0 Å². The lowest BCUT2D eigenvalue weighted by molar-refractivity contribution is -0.0240. The van der Waals surface area contributed by atoms with Crippen molar-refractivity contribution >= 4 is 23.5 Å². The van der Waals surface area contributed by atoms with Gasteiger partial charge in [-0.2, -0.15) is 8.62 Å². The molecule has 6 atom stereocenters. The molecular weight excluding hydrogens is 409 g/mol. The van der Waals surface area contributed by atoms with Crippen LogP contribution in [0.1, 0.15) is 26.2 Å².